The number of hydrogen-bond donors (Lipinski definition) is 1. The highest BCUT2D eigenvalue weighted by molar-refractivity contribution is 5.97. The van der Waals surface area contributed by atoms with E-state index in [2.05, 4.69) is 20.4 Å². The predicted molar refractivity (Wildman–Crippen MR) is 138 cm³/mol. The van der Waals surface area contributed by atoms with Gasteiger partial charge < -0.3 is 18.9 Å². The number of morpholine rings is 1. The summed E-state index contributed by atoms with van der Waals surface area (Å²) in [6.07, 6.45) is 3.35. The third-order valence-corrected chi connectivity index (χ3v) is 5.90. The van der Waals surface area contributed by atoms with Crippen LogP contribution in [-0.2, 0) is 11.3 Å². The summed E-state index contributed by atoms with van der Waals surface area (Å²) < 4.78 is 12.4. The van der Waals surface area contributed by atoms with Gasteiger partial charge in [0.05, 0.1) is 39.4 Å². The lowest BCUT2D eigenvalue weighted by molar-refractivity contribution is 0.0973. The number of hydrazone groups is 1. The summed E-state index contributed by atoms with van der Waals surface area (Å²) in [5, 5.41) is 4.39. The topological polar surface area (TPSA) is 107 Å². The number of Topliss-reactive ketones (excluding diaryl/α,β-unsaturated/α-hetero) is 1. The van der Waals surface area contributed by atoms with Crippen molar-refractivity contribution in [2.24, 2.45) is 5.10 Å². The van der Waals surface area contributed by atoms with Gasteiger partial charge in [-0.05, 0) is 36.8 Å². The number of hydrogen-bond acceptors (Lipinski definition) is 9. The molecule has 5 rings (SSSR count). The average Bonchev–Trinajstić information content (AvgIpc) is 3.32. The van der Waals surface area contributed by atoms with E-state index in [1.807, 2.05) is 31.2 Å². The summed E-state index contributed by atoms with van der Waals surface area (Å²) in [6, 6.07) is 15.1. The highest BCUT2D eigenvalue weighted by Gasteiger charge is 2.20. The molecule has 1 N–H and O–H groups in total. The first kappa shape index (κ1) is 23.4. The maximum Gasteiger partial charge on any atom is 0.229 e. The normalized spacial score (nSPS) is 13.9. The van der Waals surface area contributed by atoms with Gasteiger partial charge in [0.15, 0.2) is 22.8 Å². The maximum atomic E-state index is 13.0. The van der Waals surface area contributed by atoms with E-state index in [-0.39, 0.29) is 12.3 Å². The first-order valence-electron chi connectivity index (χ1n) is 11.7. The second kappa shape index (κ2) is 10.5. The number of anilines is 2. The van der Waals surface area contributed by atoms with Gasteiger partial charge in [-0.2, -0.15) is 15.1 Å². The molecule has 0 amide bonds. The third-order valence-electron chi connectivity index (χ3n) is 5.90. The lowest BCUT2D eigenvalue weighted by atomic mass is 10.1. The summed E-state index contributed by atoms with van der Waals surface area (Å²) in [7, 11) is 1.59. The van der Waals surface area contributed by atoms with Gasteiger partial charge >= 0.3 is 0 Å². The maximum absolute atomic E-state index is 13.0. The van der Waals surface area contributed by atoms with E-state index in [9.17, 15) is 4.79 Å². The van der Waals surface area contributed by atoms with Gasteiger partial charge in [0.2, 0.25) is 5.95 Å². The molecule has 4 aromatic rings. The Labute approximate surface area is 208 Å². The summed E-state index contributed by atoms with van der Waals surface area (Å²) in [5.74, 6) is 1.65. The lowest BCUT2D eigenvalue weighted by Crippen LogP contribution is -2.37. The van der Waals surface area contributed by atoms with Crippen LogP contribution >= 0.6 is 0 Å². The van der Waals surface area contributed by atoms with Crippen molar-refractivity contribution in [2.75, 3.05) is 43.7 Å². The van der Waals surface area contributed by atoms with Crippen molar-refractivity contribution in [1.82, 2.24) is 19.5 Å². The number of carbonyl (C=O) groups excluding carboxylic acids is 1. The number of rotatable bonds is 8. The molecule has 184 valence electrons. The fourth-order valence-electron chi connectivity index (χ4n) is 3.97. The van der Waals surface area contributed by atoms with Gasteiger partial charge in [-0.25, -0.2) is 4.98 Å². The molecular formula is C26H27N7O3. The Morgan fingerprint density at radius 2 is 1.97 bits per heavy atom. The van der Waals surface area contributed by atoms with E-state index in [4.69, 9.17) is 19.4 Å². The molecule has 1 fully saturated rings. The summed E-state index contributed by atoms with van der Waals surface area (Å²) in [4.78, 5) is 29.0. The van der Waals surface area contributed by atoms with E-state index in [1.165, 1.54) is 0 Å². The minimum Gasteiger partial charge on any atom is -0.497 e. The molecule has 2 aromatic carbocycles. The van der Waals surface area contributed by atoms with Crippen LogP contribution in [0, 0.1) is 6.92 Å². The van der Waals surface area contributed by atoms with E-state index in [0.29, 0.717) is 60.5 Å². The molecule has 0 unspecified atom stereocenters. The van der Waals surface area contributed by atoms with Crippen LogP contribution in [0.25, 0.3) is 11.2 Å². The van der Waals surface area contributed by atoms with E-state index < -0.39 is 0 Å². The number of imidazole rings is 1. The van der Waals surface area contributed by atoms with Gasteiger partial charge in [-0.1, -0.05) is 29.8 Å². The standard InChI is InChI=1S/C26H27N7O3/c1-18-4-3-5-19(14-18)15-28-31-24-23-25(30-26(29-24)32-10-12-36-13-11-32)33(17-27-23)16-22(34)20-6-8-21(35-2)9-7-20/h3-9,14-15,17H,10-13,16H2,1-2H3,(H,29,30,31)/b28-15+. The molecule has 0 radical (unpaired) electrons. The van der Waals surface area contributed by atoms with Crippen LogP contribution in [0.4, 0.5) is 11.8 Å². The molecule has 36 heavy (non-hydrogen) atoms. The number of ether oxygens (including phenoxy) is 2. The molecule has 0 saturated carbocycles. The minimum atomic E-state index is -0.0598. The van der Waals surface area contributed by atoms with E-state index in [1.54, 1.807) is 48.5 Å². The molecule has 1 aliphatic heterocycles. The molecule has 10 heteroatoms. The Balaban J connectivity index is 1.46. The molecule has 0 atom stereocenters. The van der Waals surface area contributed by atoms with Crippen molar-refractivity contribution in [3.05, 3.63) is 71.5 Å². The van der Waals surface area contributed by atoms with Gasteiger partial charge in [0.1, 0.15) is 5.75 Å². The molecule has 1 aliphatic rings. The fourth-order valence-corrected chi connectivity index (χ4v) is 3.97. The van der Waals surface area contributed by atoms with Gasteiger partial charge in [0, 0.05) is 18.7 Å². The molecule has 0 bridgehead atoms. The lowest BCUT2D eigenvalue weighted by Gasteiger charge is -2.27. The highest BCUT2D eigenvalue weighted by Crippen LogP contribution is 2.24. The third kappa shape index (κ3) is 5.18. The Kier molecular flexibility index (Phi) is 6.85. The van der Waals surface area contributed by atoms with Crippen LogP contribution in [0.5, 0.6) is 5.75 Å². The Hall–Kier alpha value is -4.31. The first-order valence-corrected chi connectivity index (χ1v) is 11.7. The molecule has 0 aliphatic carbocycles. The Bertz CT molecular complexity index is 1390. The minimum absolute atomic E-state index is 0.0598. The molecule has 3 heterocycles. The number of aromatic nitrogens is 4. The van der Waals surface area contributed by atoms with Gasteiger partial charge in [-0.15, -0.1) is 0 Å². The van der Waals surface area contributed by atoms with Crippen molar-refractivity contribution in [2.45, 2.75) is 13.5 Å². The molecule has 10 nitrogen and oxygen atoms in total. The number of carbonyl (C=O) groups is 1. The molecule has 1 saturated heterocycles. The molecule has 0 spiro atoms. The number of benzene rings is 2. The van der Waals surface area contributed by atoms with Crippen LogP contribution in [0.2, 0.25) is 0 Å². The number of fused-ring (bicyclic) bond motifs is 1. The van der Waals surface area contributed by atoms with Crippen LogP contribution in [0.3, 0.4) is 0 Å². The number of methoxy groups -OCH3 is 1. The van der Waals surface area contributed by atoms with Crippen LogP contribution < -0.4 is 15.1 Å². The van der Waals surface area contributed by atoms with Gasteiger partial charge in [-0.3, -0.25) is 10.2 Å². The highest BCUT2D eigenvalue weighted by atomic mass is 16.5. The van der Waals surface area contributed by atoms with Gasteiger partial charge in [0.25, 0.3) is 0 Å². The van der Waals surface area contributed by atoms with Crippen LogP contribution in [-0.4, -0.2) is 64.9 Å². The summed E-state index contributed by atoms with van der Waals surface area (Å²) in [5.41, 5.74) is 6.83. The SMILES string of the molecule is COc1ccc(C(=O)Cn2cnc3c(N/N=C/c4cccc(C)c4)nc(N4CCOCC4)nc32)cc1. The van der Waals surface area contributed by atoms with Crippen molar-refractivity contribution in [3.8, 4) is 5.75 Å². The molecular weight excluding hydrogens is 458 g/mol. The predicted octanol–water partition coefficient (Wildman–Crippen LogP) is 3.31. The van der Waals surface area contributed by atoms with Crippen molar-refractivity contribution < 1.29 is 14.3 Å². The second-order valence-electron chi connectivity index (χ2n) is 8.45. The Morgan fingerprint density at radius 3 is 2.72 bits per heavy atom. The quantitative estimate of drug-likeness (QED) is 0.230. The summed E-state index contributed by atoms with van der Waals surface area (Å²) >= 11 is 0. The first-order chi connectivity index (χ1) is 17.6. The monoisotopic (exact) mass is 485 g/mol. The van der Waals surface area contributed by atoms with Crippen LogP contribution in [0.1, 0.15) is 21.5 Å². The van der Waals surface area contributed by atoms with Crippen molar-refractivity contribution in [1.29, 1.82) is 0 Å². The number of nitrogens with zero attached hydrogens (tertiary/aromatic N) is 6. The fraction of sp³-hybridized carbons (Fsp3) is 0.269. The number of nitrogens with one attached hydrogen (secondary N) is 1. The average molecular weight is 486 g/mol. The zero-order valence-electron chi connectivity index (χ0n) is 20.2. The molecule has 2 aromatic heterocycles. The Morgan fingerprint density at radius 1 is 1.17 bits per heavy atom. The van der Waals surface area contributed by atoms with Crippen molar-refractivity contribution in [3.63, 3.8) is 0 Å². The van der Waals surface area contributed by atoms with Crippen molar-refractivity contribution >= 4 is 34.9 Å². The second-order valence-corrected chi connectivity index (χ2v) is 8.45. The zero-order valence-corrected chi connectivity index (χ0v) is 20.2. The summed E-state index contributed by atoms with van der Waals surface area (Å²) in [6.45, 7) is 4.68. The van der Waals surface area contributed by atoms with E-state index in [0.717, 1.165) is 11.1 Å². The number of aryl methyl sites for hydroxylation is 1. The smallest absolute Gasteiger partial charge is 0.229 e. The van der Waals surface area contributed by atoms with Crippen LogP contribution in [0.15, 0.2) is 60.0 Å². The zero-order chi connectivity index (χ0) is 24.9. The number of ketones is 1. The largest absolute Gasteiger partial charge is 0.497 e. The van der Waals surface area contributed by atoms with E-state index >= 15 is 0 Å².